The number of carbonyl (C=O) groups excluding carboxylic acids is 3. The molecular formula is C22H24N2O4. The van der Waals surface area contributed by atoms with Crippen LogP contribution in [0.15, 0.2) is 48.5 Å². The molecule has 1 N–H and O–H groups in total. The molecule has 0 radical (unpaired) electrons. The molecule has 0 aliphatic carbocycles. The molecule has 1 heterocycles. The van der Waals surface area contributed by atoms with Gasteiger partial charge < -0.3 is 10.1 Å². The Morgan fingerprint density at radius 1 is 1.04 bits per heavy atom. The van der Waals surface area contributed by atoms with Gasteiger partial charge in [0.05, 0.1) is 23.3 Å². The zero-order valence-corrected chi connectivity index (χ0v) is 16.5. The van der Waals surface area contributed by atoms with Crippen LogP contribution < -0.4 is 5.32 Å². The number of anilines is 1. The van der Waals surface area contributed by atoms with Gasteiger partial charge in [-0.15, -0.1) is 0 Å². The zero-order valence-electron chi connectivity index (χ0n) is 16.5. The van der Waals surface area contributed by atoms with E-state index in [2.05, 4.69) is 5.32 Å². The molecule has 3 rings (SSSR count). The Hall–Kier alpha value is -2.99. The van der Waals surface area contributed by atoms with Crippen LogP contribution in [0.3, 0.4) is 0 Å². The van der Waals surface area contributed by atoms with Crippen LogP contribution in [0.25, 0.3) is 0 Å². The molecular weight excluding hydrogens is 356 g/mol. The molecule has 6 heteroatoms. The fraction of sp³-hybridized carbons (Fsp3) is 0.318. The standard InChI is InChI=1S/C22H24N2O4/c1-14-9-5-8-12-18(14)23-19(25)15(2)28-13-22(3,4)24-20(26)16-10-6-7-11-17(16)21(24)27/h5-12,15H,13H2,1-4H3,(H,23,25). The lowest BCUT2D eigenvalue weighted by molar-refractivity contribution is -0.128. The Kier molecular flexibility index (Phi) is 5.34. The Morgan fingerprint density at radius 3 is 2.14 bits per heavy atom. The number of nitrogens with zero attached hydrogens (tertiary/aromatic N) is 1. The number of benzene rings is 2. The van der Waals surface area contributed by atoms with E-state index >= 15 is 0 Å². The molecule has 1 aliphatic heterocycles. The number of carbonyl (C=O) groups is 3. The Bertz CT molecular complexity index is 901. The predicted molar refractivity (Wildman–Crippen MR) is 106 cm³/mol. The summed E-state index contributed by atoms with van der Waals surface area (Å²) < 4.78 is 5.73. The summed E-state index contributed by atoms with van der Waals surface area (Å²) in [5.41, 5.74) is 1.57. The molecule has 0 spiro atoms. The molecule has 0 fully saturated rings. The van der Waals surface area contributed by atoms with Gasteiger partial charge in [0.25, 0.3) is 17.7 Å². The van der Waals surface area contributed by atoms with Gasteiger partial charge in [-0.25, -0.2) is 0 Å². The van der Waals surface area contributed by atoms with Crippen molar-refractivity contribution >= 4 is 23.4 Å². The average Bonchev–Trinajstić information content (AvgIpc) is 2.93. The summed E-state index contributed by atoms with van der Waals surface area (Å²) in [5, 5.41) is 2.84. The number of aryl methyl sites for hydroxylation is 1. The van der Waals surface area contributed by atoms with Crippen molar-refractivity contribution in [3.63, 3.8) is 0 Å². The van der Waals surface area contributed by atoms with Crippen LogP contribution >= 0.6 is 0 Å². The molecule has 0 saturated carbocycles. The second-order valence-electron chi connectivity index (χ2n) is 7.56. The number of amides is 3. The summed E-state index contributed by atoms with van der Waals surface area (Å²) in [4.78, 5) is 39.0. The molecule has 3 amide bonds. The van der Waals surface area contributed by atoms with E-state index < -0.39 is 11.6 Å². The number of hydrogen-bond donors (Lipinski definition) is 1. The van der Waals surface area contributed by atoms with Gasteiger partial charge >= 0.3 is 0 Å². The highest BCUT2D eigenvalue weighted by Gasteiger charge is 2.44. The van der Waals surface area contributed by atoms with Crippen molar-refractivity contribution in [3.8, 4) is 0 Å². The first-order valence-electron chi connectivity index (χ1n) is 9.18. The summed E-state index contributed by atoms with van der Waals surface area (Å²) in [7, 11) is 0. The molecule has 2 aromatic carbocycles. The van der Waals surface area contributed by atoms with Gasteiger partial charge in [0.15, 0.2) is 0 Å². The monoisotopic (exact) mass is 380 g/mol. The van der Waals surface area contributed by atoms with Crippen LogP contribution in [-0.4, -0.2) is 40.9 Å². The smallest absolute Gasteiger partial charge is 0.262 e. The molecule has 0 bridgehead atoms. The normalized spacial score (nSPS) is 14.8. The maximum absolute atomic E-state index is 12.7. The molecule has 6 nitrogen and oxygen atoms in total. The largest absolute Gasteiger partial charge is 0.366 e. The fourth-order valence-electron chi connectivity index (χ4n) is 3.16. The van der Waals surface area contributed by atoms with Crippen molar-refractivity contribution in [3.05, 3.63) is 65.2 Å². The summed E-state index contributed by atoms with van der Waals surface area (Å²) in [5.74, 6) is -0.968. The minimum atomic E-state index is -0.898. The quantitative estimate of drug-likeness (QED) is 0.779. The van der Waals surface area contributed by atoms with Gasteiger partial charge in [0.2, 0.25) is 0 Å². The average molecular weight is 380 g/mol. The highest BCUT2D eigenvalue weighted by Crippen LogP contribution is 2.29. The first-order valence-corrected chi connectivity index (χ1v) is 9.18. The van der Waals surface area contributed by atoms with Gasteiger partial charge in [0, 0.05) is 5.69 Å². The highest BCUT2D eigenvalue weighted by molar-refractivity contribution is 6.21. The van der Waals surface area contributed by atoms with Crippen molar-refractivity contribution in [1.82, 2.24) is 4.90 Å². The number of para-hydroxylation sites is 1. The van der Waals surface area contributed by atoms with Crippen molar-refractivity contribution in [2.45, 2.75) is 39.3 Å². The molecule has 0 aromatic heterocycles. The Labute approximate surface area is 164 Å². The molecule has 1 aliphatic rings. The number of ether oxygens (including phenoxy) is 1. The third-order valence-electron chi connectivity index (χ3n) is 4.86. The van der Waals surface area contributed by atoms with Crippen molar-refractivity contribution < 1.29 is 19.1 Å². The zero-order chi connectivity index (χ0) is 20.5. The predicted octanol–water partition coefficient (Wildman–Crippen LogP) is 3.41. The van der Waals surface area contributed by atoms with Crippen LogP contribution in [0.1, 0.15) is 47.1 Å². The van der Waals surface area contributed by atoms with Crippen LogP contribution in [-0.2, 0) is 9.53 Å². The highest BCUT2D eigenvalue weighted by atomic mass is 16.5. The van der Waals surface area contributed by atoms with Gasteiger partial charge in [0.1, 0.15) is 6.10 Å². The van der Waals surface area contributed by atoms with Crippen LogP contribution in [0, 0.1) is 6.92 Å². The molecule has 1 unspecified atom stereocenters. The van der Waals surface area contributed by atoms with Crippen LogP contribution in [0.5, 0.6) is 0 Å². The van der Waals surface area contributed by atoms with E-state index in [0.717, 1.165) is 11.3 Å². The molecule has 2 aromatic rings. The van der Waals surface area contributed by atoms with E-state index in [-0.39, 0.29) is 24.3 Å². The van der Waals surface area contributed by atoms with E-state index in [9.17, 15) is 14.4 Å². The lowest BCUT2D eigenvalue weighted by Crippen LogP contribution is -2.51. The van der Waals surface area contributed by atoms with E-state index in [0.29, 0.717) is 11.1 Å². The molecule has 28 heavy (non-hydrogen) atoms. The van der Waals surface area contributed by atoms with Crippen molar-refractivity contribution in [2.75, 3.05) is 11.9 Å². The van der Waals surface area contributed by atoms with Crippen molar-refractivity contribution in [1.29, 1.82) is 0 Å². The summed E-state index contributed by atoms with van der Waals surface area (Å²) in [6.07, 6.45) is -0.742. The van der Waals surface area contributed by atoms with Gasteiger partial charge in [-0.3, -0.25) is 19.3 Å². The first-order chi connectivity index (χ1) is 13.2. The molecule has 0 saturated heterocycles. The van der Waals surface area contributed by atoms with E-state index in [4.69, 9.17) is 4.74 Å². The topological polar surface area (TPSA) is 75.7 Å². The minimum Gasteiger partial charge on any atom is -0.366 e. The SMILES string of the molecule is Cc1ccccc1NC(=O)C(C)OCC(C)(C)N1C(=O)c2ccccc2C1=O. The third-order valence-corrected chi connectivity index (χ3v) is 4.86. The van der Waals surface area contributed by atoms with Gasteiger partial charge in [-0.2, -0.15) is 0 Å². The maximum Gasteiger partial charge on any atom is 0.262 e. The summed E-state index contributed by atoms with van der Waals surface area (Å²) in [6, 6.07) is 14.2. The first kappa shape index (κ1) is 19.8. The third kappa shape index (κ3) is 3.68. The Balaban J connectivity index is 1.65. The number of fused-ring (bicyclic) bond motifs is 1. The molecule has 146 valence electrons. The van der Waals surface area contributed by atoms with E-state index in [1.54, 1.807) is 45.0 Å². The molecule has 1 atom stereocenters. The van der Waals surface area contributed by atoms with Crippen molar-refractivity contribution in [2.24, 2.45) is 0 Å². The summed E-state index contributed by atoms with van der Waals surface area (Å²) >= 11 is 0. The lowest BCUT2D eigenvalue weighted by Gasteiger charge is -2.34. The van der Waals surface area contributed by atoms with E-state index in [1.807, 2.05) is 31.2 Å². The number of nitrogens with one attached hydrogen (secondary N) is 1. The minimum absolute atomic E-state index is 0.0425. The Morgan fingerprint density at radius 2 is 1.57 bits per heavy atom. The van der Waals surface area contributed by atoms with Gasteiger partial charge in [-0.1, -0.05) is 30.3 Å². The maximum atomic E-state index is 12.7. The van der Waals surface area contributed by atoms with Crippen LogP contribution in [0.4, 0.5) is 5.69 Å². The lowest BCUT2D eigenvalue weighted by atomic mass is 10.0. The van der Waals surface area contributed by atoms with Crippen LogP contribution in [0.2, 0.25) is 0 Å². The number of imide groups is 1. The van der Waals surface area contributed by atoms with E-state index in [1.165, 1.54) is 4.90 Å². The second-order valence-corrected chi connectivity index (χ2v) is 7.56. The number of hydrogen-bond acceptors (Lipinski definition) is 4. The van der Waals surface area contributed by atoms with Gasteiger partial charge in [-0.05, 0) is 51.5 Å². The second kappa shape index (κ2) is 7.56. The fourth-order valence-corrected chi connectivity index (χ4v) is 3.16. The number of rotatable bonds is 6. The summed E-state index contributed by atoms with van der Waals surface area (Å²) in [6.45, 7) is 7.10.